The van der Waals surface area contributed by atoms with Gasteiger partial charge in [0.1, 0.15) is 0 Å². The molecule has 0 amide bonds. The molecule has 1 unspecified atom stereocenters. The predicted molar refractivity (Wildman–Crippen MR) is 47.1 cm³/mol. The molecule has 1 aromatic rings. The summed E-state index contributed by atoms with van der Waals surface area (Å²) in [6, 6.07) is 0. The summed E-state index contributed by atoms with van der Waals surface area (Å²) in [5.41, 5.74) is 5.57. The minimum absolute atomic E-state index is 0.619. The third-order valence-corrected chi connectivity index (χ3v) is 2.84. The summed E-state index contributed by atoms with van der Waals surface area (Å²) < 4.78 is 3.73. The molecule has 0 radical (unpaired) electrons. The molecule has 2 heterocycles. The van der Waals surface area contributed by atoms with Crippen LogP contribution >= 0.6 is 11.5 Å². The van der Waals surface area contributed by atoms with E-state index in [1.807, 2.05) is 0 Å². The van der Waals surface area contributed by atoms with Crippen molar-refractivity contribution in [1.82, 2.24) is 14.8 Å². The molecule has 0 aliphatic carbocycles. The van der Waals surface area contributed by atoms with E-state index in [-0.39, 0.29) is 0 Å². The van der Waals surface area contributed by atoms with Gasteiger partial charge in [-0.25, -0.2) is 0 Å². The number of anilines is 1. The fourth-order valence-electron chi connectivity index (χ4n) is 1.45. The number of nitrogens with two attached hydrogens (primary N) is 1. The molecule has 1 saturated heterocycles. The standard InChI is InChI=1S/C6H11N5S/c7-3-5-1-2-11(4-5)6-8-9-10-12-6/h5H,1-4,7H2. The van der Waals surface area contributed by atoms with Crippen molar-refractivity contribution < 1.29 is 0 Å². The van der Waals surface area contributed by atoms with E-state index in [1.165, 1.54) is 11.5 Å². The summed E-state index contributed by atoms with van der Waals surface area (Å²) >= 11 is 1.35. The van der Waals surface area contributed by atoms with Crippen LogP contribution in [0.5, 0.6) is 0 Å². The highest BCUT2D eigenvalue weighted by atomic mass is 32.1. The molecule has 12 heavy (non-hydrogen) atoms. The van der Waals surface area contributed by atoms with Crippen LogP contribution in [0.4, 0.5) is 5.13 Å². The normalized spacial score (nSPS) is 23.4. The van der Waals surface area contributed by atoms with Crippen LogP contribution in [0.25, 0.3) is 0 Å². The van der Waals surface area contributed by atoms with Crippen molar-refractivity contribution in [2.75, 3.05) is 24.5 Å². The van der Waals surface area contributed by atoms with E-state index in [0.717, 1.165) is 31.2 Å². The van der Waals surface area contributed by atoms with E-state index >= 15 is 0 Å². The van der Waals surface area contributed by atoms with Crippen LogP contribution < -0.4 is 10.6 Å². The first-order valence-corrected chi connectivity index (χ1v) is 4.77. The van der Waals surface area contributed by atoms with Crippen LogP contribution in [0.15, 0.2) is 0 Å². The van der Waals surface area contributed by atoms with Gasteiger partial charge in [0.15, 0.2) is 0 Å². The number of nitrogens with zero attached hydrogens (tertiary/aromatic N) is 4. The Balaban J connectivity index is 2.00. The molecule has 1 aliphatic rings. The topological polar surface area (TPSA) is 67.9 Å². The lowest BCUT2D eigenvalue weighted by Crippen LogP contribution is -2.22. The summed E-state index contributed by atoms with van der Waals surface area (Å²) in [6.07, 6.45) is 1.16. The monoisotopic (exact) mass is 185 g/mol. The Labute approximate surface area is 74.7 Å². The zero-order valence-corrected chi connectivity index (χ0v) is 7.50. The van der Waals surface area contributed by atoms with Crippen LogP contribution in [-0.4, -0.2) is 34.4 Å². The predicted octanol–water partition coefficient (Wildman–Crippen LogP) is -0.282. The van der Waals surface area contributed by atoms with Crippen LogP contribution in [0.3, 0.4) is 0 Å². The zero-order chi connectivity index (χ0) is 8.39. The largest absolute Gasteiger partial charge is 0.345 e. The maximum absolute atomic E-state index is 5.57. The van der Waals surface area contributed by atoms with Crippen molar-refractivity contribution in [2.45, 2.75) is 6.42 Å². The first-order valence-electron chi connectivity index (χ1n) is 4.00. The van der Waals surface area contributed by atoms with E-state index in [9.17, 15) is 0 Å². The summed E-state index contributed by atoms with van der Waals surface area (Å²) in [5.74, 6) is 0.619. The molecule has 1 fully saturated rings. The highest BCUT2D eigenvalue weighted by molar-refractivity contribution is 7.09. The van der Waals surface area contributed by atoms with Gasteiger partial charge in [0.2, 0.25) is 5.13 Å². The molecule has 6 heteroatoms. The number of hydrogen-bond acceptors (Lipinski definition) is 6. The lowest BCUT2D eigenvalue weighted by Gasteiger charge is -2.12. The first-order chi connectivity index (χ1) is 5.90. The molecule has 0 saturated carbocycles. The molecule has 0 aromatic carbocycles. The average molecular weight is 185 g/mol. The molecule has 1 atom stereocenters. The second-order valence-corrected chi connectivity index (χ2v) is 3.69. The summed E-state index contributed by atoms with van der Waals surface area (Å²) in [4.78, 5) is 2.20. The van der Waals surface area contributed by atoms with Gasteiger partial charge in [-0.1, -0.05) is 9.59 Å². The van der Waals surface area contributed by atoms with Crippen molar-refractivity contribution in [3.8, 4) is 0 Å². The smallest absolute Gasteiger partial charge is 0.227 e. The van der Waals surface area contributed by atoms with E-state index < -0.39 is 0 Å². The van der Waals surface area contributed by atoms with Crippen molar-refractivity contribution >= 4 is 16.7 Å². The Kier molecular flexibility index (Phi) is 2.18. The van der Waals surface area contributed by atoms with Crippen molar-refractivity contribution in [3.05, 3.63) is 0 Å². The van der Waals surface area contributed by atoms with Crippen LogP contribution in [0.2, 0.25) is 0 Å². The Morgan fingerprint density at radius 3 is 3.17 bits per heavy atom. The van der Waals surface area contributed by atoms with Gasteiger partial charge in [-0.15, -0.1) is 0 Å². The van der Waals surface area contributed by atoms with Gasteiger partial charge >= 0.3 is 0 Å². The van der Waals surface area contributed by atoms with Gasteiger partial charge in [0.05, 0.1) is 0 Å². The second kappa shape index (κ2) is 3.32. The minimum Gasteiger partial charge on any atom is -0.345 e. The molecule has 2 N–H and O–H groups in total. The molecular formula is C6H11N5S. The molecular weight excluding hydrogens is 174 g/mol. The molecule has 1 aliphatic heterocycles. The highest BCUT2D eigenvalue weighted by Gasteiger charge is 2.23. The van der Waals surface area contributed by atoms with Gasteiger partial charge < -0.3 is 10.6 Å². The Hall–Kier alpha value is -0.750. The molecule has 66 valence electrons. The lowest BCUT2D eigenvalue weighted by atomic mass is 10.1. The Morgan fingerprint density at radius 1 is 1.67 bits per heavy atom. The van der Waals surface area contributed by atoms with Gasteiger partial charge in [-0.05, 0) is 24.1 Å². The fraction of sp³-hybridized carbons (Fsp3) is 0.833. The number of rotatable bonds is 2. The van der Waals surface area contributed by atoms with Gasteiger partial charge in [-0.3, -0.25) is 0 Å². The van der Waals surface area contributed by atoms with E-state index in [2.05, 4.69) is 19.7 Å². The molecule has 5 nitrogen and oxygen atoms in total. The third kappa shape index (κ3) is 1.39. The van der Waals surface area contributed by atoms with Gasteiger partial charge in [0, 0.05) is 24.6 Å². The number of aromatic nitrogens is 3. The van der Waals surface area contributed by atoms with Crippen LogP contribution in [0.1, 0.15) is 6.42 Å². The maximum atomic E-state index is 5.57. The van der Waals surface area contributed by atoms with E-state index in [1.54, 1.807) is 0 Å². The van der Waals surface area contributed by atoms with E-state index in [4.69, 9.17) is 5.73 Å². The molecule has 0 spiro atoms. The average Bonchev–Trinajstić information content (AvgIpc) is 2.75. The maximum Gasteiger partial charge on any atom is 0.227 e. The zero-order valence-electron chi connectivity index (χ0n) is 6.68. The van der Waals surface area contributed by atoms with Crippen LogP contribution in [-0.2, 0) is 0 Å². The minimum atomic E-state index is 0.619. The van der Waals surface area contributed by atoms with Crippen molar-refractivity contribution in [3.63, 3.8) is 0 Å². The number of hydrogen-bond donors (Lipinski definition) is 1. The van der Waals surface area contributed by atoms with Crippen LogP contribution in [0, 0.1) is 5.92 Å². The SMILES string of the molecule is NCC1CCN(c2nnns2)C1. The first kappa shape index (κ1) is 7.88. The molecule has 1 aromatic heterocycles. The van der Waals surface area contributed by atoms with Crippen molar-refractivity contribution in [1.29, 1.82) is 0 Å². The van der Waals surface area contributed by atoms with Crippen molar-refractivity contribution in [2.24, 2.45) is 11.7 Å². The summed E-state index contributed by atoms with van der Waals surface area (Å²) in [7, 11) is 0. The lowest BCUT2D eigenvalue weighted by molar-refractivity contribution is 0.602. The molecule has 2 rings (SSSR count). The quantitative estimate of drug-likeness (QED) is 0.686. The van der Waals surface area contributed by atoms with Gasteiger partial charge in [0.25, 0.3) is 0 Å². The third-order valence-electron chi connectivity index (χ3n) is 2.18. The second-order valence-electron chi connectivity index (χ2n) is 2.98. The van der Waals surface area contributed by atoms with E-state index in [0.29, 0.717) is 5.92 Å². The van der Waals surface area contributed by atoms with Gasteiger partial charge in [-0.2, -0.15) is 0 Å². The fourth-order valence-corrected chi connectivity index (χ4v) is 1.95. The highest BCUT2D eigenvalue weighted by Crippen LogP contribution is 2.22. The Bertz CT molecular complexity index is 236. The summed E-state index contributed by atoms with van der Waals surface area (Å²) in [5, 5.41) is 8.39. The molecule has 0 bridgehead atoms. The Morgan fingerprint density at radius 2 is 2.58 bits per heavy atom. The summed E-state index contributed by atoms with van der Waals surface area (Å²) in [6.45, 7) is 2.81.